The van der Waals surface area contributed by atoms with E-state index in [1.165, 1.54) is 25.7 Å². The molecule has 0 spiro atoms. The van der Waals surface area contributed by atoms with Gasteiger partial charge in [0.1, 0.15) is 0 Å². The van der Waals surface area contributed by atoms with Gasteiger partial charge in [0.05, 0.1) is 20.8 Å². The summed E-state index contributed by atoms with van der Waals surface area (Å²) in [6, 6.07) is 3.67. The highest BCUT2D eigenvalue weighted by atomic mass is 16.5. The molecule has 0 atom stereocenters. The molecule has 0 radical (unpaired) electrons. The summed E-state index contributed by atoms with van der Waals surface area (Å²) in [5, 5.41) is 2.96. The van der Waals surface area contributed by atoms with Crippen molar-refractivity contribution in [2.45, 2.75) is 39.2 Å². The number of hydrogen-bond donors (Lipinski definition) is 1. The van der Waals surface area contributed by atoms with Gasteiger partial charge >= 0.3 is 6.03 Å². The Bertz CT molecular complexity index is 546. The number of methoxy groups -OCH3 is 2. The second kappa shape index (κ2) is 9.39. The smallest absolute Gasteiger partial charge is 0.317 e. The van der Waals surface area contributed by atoms with E-state index in [-0.39, 0.29) is 6.03 Å². The zero-order valence-electron chi connectivity index (χ0n) is 15.8. The van der Waals surface area contributed by atoms with Crippen LogP contribution in [0.25, 0.3) is 0 Å². The van der Waals surface area contributed by atoms with Crippen LogP contribution in [0.3, 0.4) is 0 Å². The summed E-state index contributed by atoms with van der Waals surface area (Å²) in [6.45, 7) is 3.66. The van der Waals surface area contributed by atoms with Crippen LogP contribution < -0.4 is 19.5 Å². The molecule has 0 aromatic heterocycles. The largest absolute Gasteiger partial charge is 0.493 e. The van der Waals surface area contributed by atoms with Gasteiger partial charge in [0.15, 0.2) is 11.5 Å². The van der Waals surface area contributed by atoms with E-state index >= 15 is 0 Å². The molecule has 1 aromatic rings. The lowest BCUT2D eigenvalue weighted by Gasteiger charge is -2.22. The van der Waals surface area contributed by atoms with Gasteiger partial charge in [-0.3, -0.25) is 0 Å². The van der Waals surface area contributed by atoms with E-state index in [9.17, 15) is 4.79 Å². The van der Waals surface area contributed by atoms with E-state index in [0.717, 1.165) is 12.1 Å². The molecule has 1 aromatic carbocycles. The molecule has 1 N–H and O–H groups in total. The lowest BCUT2D eigenvalue weighted by molar-refractivity contribution is 0.200. The number of amides is 2. The Hall–Kier alpha value is -2.11. The van der Waals surface area contributed by atoms with Crippen LogP contribution in [0.2, 0.25) is 0 Å². The highest BCUT2D eigenvalue weighted by Crippen LogP contribution is 2.38. The maximum Gasteiger partial charge on any atom is 0.317 e. The minimum absolute atomic E-state index is 0.0567. The predicted octanol–water partition coefficient (Wildman–Crippen LogP) is 3.43. The van der Waals surface area contributed by atoms with E-state index < -0.39 is 0 Å². The Labute approximate surface area is 150 Å². The van der Waals surface area contributed by atoms with Crippen molar-refractivity contribution in [1.29, 1.82) is 0 Å². The zero-order chi connectivity index (χ0) is 18.2. The first kappa shape index (κ1) is 19.2. The monoisotopic (exact) mass is 350 g/mol. The summed E-state index contributed by atoms with van der Waals surface area (Å²) in [5.74, 6) is 2.43. The van der Waals surface area contributed by atoms with Gasteiger partial charge in [-0.2, -0.15) is 0 Å². The fourth-order valence-corrected chi connectivity index (χ4v) is 3.30. The van der Waals surface area contributed by atoms with E-state index in [0.29, 0.717) is 36.3 Å². The molecule has 140 valence electrons. The number of carbonyl (C=O) groups excluding carboxylic acids is 1. The van der Waals surface area contributed by atoms with Crippen molar-refractivity contribution in [2.24, 2.45) is 5.92 Å². The van der Waals surface area contributed by atoms with Crippen LogP contribution in [0.5, 0.6) is 17.2 Å². The summed E-state index contributed by atoms with van der Waals surface area (Å²) >= 11 is 0. The number of rotatable bonds is 8. The molecule has 25 heavy (non-hydrogen) atoms. The second-order valence-corrected chi connectivity index (χ2v) is 6.45. The highest BCUT2D eigenvalue weighted by Gasteiger charge is 2.20. The number of nitrogens with one attached hydrogen (secondary N) is 1. The van der Waals surface area contributed by atoms with Crippen LogP contribution in [0.4, 0.5) is 4.79 Å². The van der Waals surface area contributed by atoms with Gasteiger partial charge in [-0.1, -0.05) is 12.8 Å². The van der Waals surface area contributed by atoms with Crippen molar-refractivity contribution in [3.8, 4) is 17.2 Å². The van der Waals surface area contributed by atoms with E-state index in [1.54, 1.807) is 19.1 Å². The van der Waals surface area contributed by atoms with Crippen LogP contribution in [-0.4, -0.2) is 45.3 Å². The van der Waals surface area contributed by atoms with E-state index in [2.05, 4.69) is 5.32 Å². The van der Waals surface area contributed by atoms with Gasteiger partial charge < -0.3 is 24.4 Å². The molecule has 0 heterocycles. The fourth-order valence-electron chi connectivity index (χ4n) is 3.30. The van der Waals surface area contributed by atoms with Crippen LogP contribution in [0.1, 0.15) is 38.2 Å². The Morgan fingerprint density at radius 1 is 1.20 bits per heavy atom. The lowest BCUT2D eigenvalue weighted by atomic mass is 10.1. The van der Waals surface area contributed by atoms with Crippen molar-refractivity contribution < 1.29 is 19.0 Å². The predicted molar refractivity (Wildman–Crippen MR) is 97.5 cm³/mol. The molecule has 2 amide bonds. The summed E-state index contributed by atoms with van der Waals surface area (Å²) in [7, 11) is 5.04. The summed E-state index contributed by atoms with van der Waals surface area (Å²) < 4.78 is 16.4. The number of carbonyl (C=O) groups is 1. The number of nitrogens with zero attached hydrogens (tertiary/aromatic N) is 1. The highest BCUT2D eigenvalue weighted by molar-refractivity contribution is 5.74. The quantitative estimate of drug-likeness (QED) is 0.780. The maximum atomic E-state index is 12.3. The number of benzene rings is 1. The Kier molecular flexibility index (Phi) is 7.22. The second-order valence-electron chi connectivity index (χ2n) is 6.45. The first-order valence-corrected chi connectivity index (χ1v) is 8.95. The fraction of sp³-hybridized carbons (Fsp3) is 0.632. The van der Waals surface area contributed by atoms with Crippen molar-refractivity contribution in [1.82, 2.24) is 10.2 Å². The Balaban J connectivity index is 1.98. The van der Waals surface area contributed by atoms with E-state index in [4.69, 9.17) is 14.2 Å². The molecule has 1 aliphatic rings. The average molecular weight is 350 g/mol. The average Bonchev–Trinajstić information content (AvgIpc) is 3.13. The van der Waals surface area contributed by atoms with Gasteiger partial charge in [-0.05, 0) is 43.4 Å². The molecule has 6 nitrogen and oxygen atoms in total. The van der Waals surface area contributed by atoms with Crippen molar-refractivity contribution >= 4 is 6.03 Å². The number of ether oxygens (including phenoxy) is 3. The molecule has 1 aliphatic carbocycles. The summed E-state index contributed by atoms with van der Waals surface area (Å²) in [5.41, 5.74) is 0.903. The molecule has 1 saturated carbocycles. The lowest BCUT2D eigenvalue weighted by Crippen LogP contribution is -2.39. The van der Waals surface area contributed by atoms with Gasteiger partial charge in [-0.25, -0.2) is 4.79 Å². The van der Waals surface area contributed by atoms with Gasteiger partial charge in [-0.15, -0.1) is 0 Å². The maximum absolute atomic E-state index is 12.3. The van der Waals surface area contributed by atoms with Gasteiger partial charge in [0.25, 0.3) is 0 Å². The first-order valence-electron chi connectivity index (χ1n) is 8.95. The Morgan fingerprint density at radius 3 is 2.32 bits per heavy atom. The van der Waals surface area contributed by atoms with Crippen LogP contribution in [0, 0.1) is 5.92 Å². The standard InChI is InChI=1S/C19H30N2O4/c1-5-25-18-16(23-3)10-15(11-17(18)24-4)12-20-19(22)21(2)13-14-8-6-7-9-14/h10-11,14H,5-9,12-13H2,1-4H3,(H,20,22). The molecule has 2 rings (SSSR count). The molecule has 6 heteroatoms. The minimum atomic E-state index is -0.0567. The topological polar surface area (TPSA) is 60.0 Å². The Morgan fingerprint density at radius 2 is 1.80 bits per heavy atom. The molecule has 1 fully saturated rings. The summed E-state index contributed by atoms with van der Waals surface area (Å²) in [4.78, 5) is 14.1. The normalized spacial score (nSPS) is 14.2. The van der Waals surface area contributed by atoms with Crippen LogP contribution in [0.15, 0.2) is 12.1 Å². The third-order valence-corrected chi connectivity index (χ3v) is 4.61. The number of hydrogen-bond acceptors (Lipinski definition) is 4. The third-order valence-electron chi connectivity index (χ3n) is 4.61. The first-order chi connectivity index (χ1) is 12.1. The van der Waals surface area contributed by atoms with Crippen LogP contribution in [-0.2, 0) is 6.54 Å². The van der Waals surface area contributed by atoms with E-state index in [1.807, 2.05) is 26.1 Å². The van der Waals surface area contributed by atoms with Crippen LogP contribution >= 0.6 is 0 Å². The zero-order valence-corrected chi connectivity index (χ0v) is 15.8. The molecule has 0 aliphatic heterocycles. The third kappa shape index (κ3) is 5.18. The SMILES string of the molecule is CCOc1c(OC)cc(CNC(=O)N(C)CC2CCCC2)cc1OC. The minimum Gasteiger partial charge on any atom is -0.493 e. The molecule has 0 saturated heterocycles. The van der Waals surface area contributed by atoms with Crippen molar-refractivity contribution in [3.05, 3.63) is 17.7 Å². The molecule has 0 bridgehead atoms. The molecule has 0 unspecified atom stereocenters. The molecular weight excluding hydrogens is 320 g/mol. The van der Waals surface area contributed by atoms with Crippen molar-refractivity contribution in [3.63, 3.8) is 0 Å². The number of urea groups is 1. The summed E-state index contributed by atoms with van der Waals surface area (Å²) in [6.07, 6.45) is 5.02. The van der Waals surface area contributed by atoms with Gasteiger partial charge in [0, 0.05) is 20.1 Å². The molecular formula is C19H30N2O4. The van der Waals surface area contributed by atoms with Crippen molar-refractivity contribution in [2.75, 3.05) is 34.4 Å². The van der Waals surface area contributed by atoms with Gasteiger partial charge in [0.2, 0.25) is 5.75 Å².